The standard InChI is InChI=1S/C24H26ClN5O4/c1-13(31)30(2)17-7-3-14(4-8-17)23(32)29-21-18-11-16(26)6-9-19(18)34-22(21)24(33)28-20-10-5-15(25)12-27-20/h5-6,9-12,14,17H,3-4,7-8,26H2,1-2H3,(H,29,32)(H,27,28,33). The number of furan rings is 1. The van der Waals surface area contributed by atoms with E-state index < -0.39 is 5.91 Å². The van der Waals surface area contributed by atoms with Crippen LogP contribution in [0.1, 0.15) is 43.2 Å². The van der Waals surface area contributed by atoms with Crippen LogP contribution in [0.25, 0.3) is 11.0 Å². The van der Waals surface area contributed by atoms with Gasteiger partial charge in [-0.3, -0.25) is 14.4 Å². The minimum atomic E-state index is -0.563. The fraction of sp³-hybridized carbons (Fsp3) is 0.333. The summed E-state index contributed by atoms with van der Waals surface area (Å²) in [4.78, 5) is 43.6. The van der Waals surface area contributed by atoms with Crippen molar-refractivity contribution in [3.63, 3.8) is 0 Å². The summed E-state index contributed by atoms with van der Waals surface area (Å²) in [5.41, 5.74) is 7.11. The number of carbonyl (C=O) groups excluding carboxylic acids is 3. The van der Waals surface area contributed by atoms with Crippen molar-refractivity contribution in [2.45, 2.75) is 38.6 Å². The minimum Gasteiger partial charge on any atom is -0.449 e. The van der Waals surface area contributed by atoms with Crippen LogP contribution in [0.3, 0.4) is 0 Å². The second-order valence-corrected chi connectivity index (χ2v) is 8.94. The number of nitrogens with two attached hydrogens (primary N) is 1. The van der Waals surface area contributed by atoms with Crippen LogP contribution in [-0.2, 0) is 9.59 Å². The van der Waals surface area contributed by atoms with Crippen LogP contribution < -0.4 is 16.4 Å². The molecule has 2 aromatic heterocycles. The van der Waals surface area contributed by atoms with Gasteiger partial charge in [0.15, 0.2) is 0 Å². The fourth-order valence-electron chi connectivity index (χ4n) is 4.23. The second-order valence-electron chi connectivity index (χ2n) is 8.50. The maximum Gasteiger partial charge on any atom is 0.294 e. The molecule has 0 unspecified atom stereocenters. The summed E-state index contributed by atoms with van der Waals surface area (Å²) in [7, 11) is 1.79. The van der Waals surface area contributed by atoms with Crippen molar-refractivity contribution in [1.29, 1.82) is 0 Å². The van der Waals surface area contributed by atoms with Gasteiger partial charge < -0.3 is 25.7 Å². The van der Waals surface area contributed by atoms with Crippen LogP contribution in [0.2, 0.25) is 5.02 Å². The first kappa shape index (κ1) is 23.6. The number of fused-ring (bicyclic) bond motifs is 1. The number of nitrogen functional groups attached to an aromatic ring is 1. The molecule has 4 N–H and O–H groups in total. The SMILES string of the molecule is CC(=O)N(C)C1CCC(C(=O)Nc2c(C(=O)Nc3ccc(Cl)cn3)oc3ccc(N)cc23)CC1. The molecule has 9 nitrogen and oxygen atoms in total. The Morgan fingerprint density at radius 2 is 1.85 bits per heavy atom. The molecule has 0 atom stereocenters. The molecule has 0 saturated heterocycles. The number of nitrogens with zero attached hydrogens (tertiary/aromatic N) is 2. The summed E-state index contributed by atoms with van der Waals surface area (Å²) in [5.74, 6) is -0.743. The molecule has 178 valence electrons. The third kappa shape index (κ3) is 4.99. The van der Waals surface area contributed by atoms with E-state index in [0.29, 0.717) is 40.3 Å². The van der Waals surface area contributed by atoms with E-state index in [1.807, 2.05) is 0 Å². The van der Waals surface area contributed by atoms with Gasteiger partial charge in [0.1, 0.15) is 17.1 Å². The van der Waals surface area contributed by atoms with E-state index in [2.05, 4.69) is 15.6 Å². The third-order valence-corrected chi connectivity index (χ3v) is 6.47. The van der Waals surface area contributed by atoms with Crippen molar-refractivity contribution in [2.24, 2.45) is 5.92 Å². The Kier molecular flexibility index (Phi) is 6.74. The highest BCUT2D eigenvalue weighted by molar-refractivity contribution is 6.30. The van der Waals surface area contributed by atoms with Crippen LogP contribution >= 0.6 is 11.6 Å². The van der Waals surface area contributed by atoms with Gasteiger partial charge in [0.05, 0.1) is 5.02 Å². The normalized spacial score (nSPS) is 17.9. The number of rotatable bonds is 5. The smallest absolute Gasteiger partial charge is 0.294 e. The van der Waals surface area contributed by atoms with Gasteiger partial charge in [-0.1, -0.05) is 11.6 Å². The van der Waals surface area contributed by atoms with Gasteiger partial charge in [-0.15, -0.1) is 0 Å². The number of hydrogen-bond donors (Lipinski definition) is 3. The average molecular weight is 484 g/mol. The lowest BCUT2D eigenvalue weighted by molar-refractivity contribution is -0.130. The van der Waals surface area contributed by atoms with E-state index in [0.717, 1.165) is 12.8 Å². The van der Waals surface area contributed by atoms with Crippen molar-refractivity contribution < 1.29 is 18.8 Å². The van der Waals surface area contributed by atoms with Gasteiger partial charge in [-0.25, -0.2) is 4.98 Å². The van der Waals surface area contributed by atoms with Crippen LogP contribution in [0, 0.1) is 5.92 Å². The summed E-state index contributed by atoms with van der Waals surface area (Å²) in [6, 6.07) is 8.27. The molecule has 0 bridgehead atoms. The van der Waals surface area contributed by atoms with Crippen LogP contribution in [0.15, 0.2) is 40.9 Å². The molecular weight excluding hydrogens is 458 g/mol. The number of pyridine rings is 1. The lowest BCUT2D eigenvalue weighted by Gasteiger charge is -2.33. The summed E-state index contributed by atoms with van der Waals surface area (Å²) < 4.78 is 5.79. The molecule has 3 amide bonds. The summed E-state index contributed by atoms with van der Waals surface area (Å²) in [6.45, 7) is 1.54. The molecule has 1 aliphatic rings. The number of anilines is 3. The quantitative estimate of drug-likeness (QED) is 0.464. The van der Waals surface area contributed by atoms with Gasteiger partial charge in [-0.05, 0) is 56.0 Å². The molecule has 1 saturated carbocycles. The highest BCUT2D eigenvalue weighted by Crippen LogP contribution is 2.35. The monoisotopic (exact) mass is 483 g/mol. The zero-order valence-electron chi connectivity index (χ0n) is 18.9. The molecule has 4 rings (SSSR count). The van der Waals surface area contributed by atoms with Gasteiger partial charge in [0.25, 0.3) is 5.91 Å². The molecule has 0 radical (unpaired) electrons. The van der Waals surface area contributed by atoms with E-state index in [4.69, 9.17) is 21.8 Å². The first-order valence-corrected chi connectivity index (χ1v) is 11.4. The Hall–Kier alpha value is -3.59. The van der Waals surface area contributed by atoms with Crippen LogP contribution in [0.4, 0.5) is 17.2 Å². The van der Waals surface area contributed by atoms with Gasteiger partial charge in [0.2, 0.25) is 17.6 Å². The maximum atomic E-state index is 13.2. The van der Waals surface area contributed by atoms with Crippen molar-refractivity contribution >= 4 is 57.5 Å². The lowest BCUT2D eigenvalue weighted by Crippen LogP contribution is -2.40. The predicted molar refractivity (Wildman–Crippen MR) is 131 cm³/mol. The largest absolute Gasteiger partial charge is 0.449 e. The van der Waals surface area contributed by atoms with E-state index in [1.165, 1.54) is 6.20 Å². The second kappa shape index (κ2) is 9.72. The average Bonchev–Trinajstić information content (AvgIpc) is 3.17. The molecule has 2 heterocycles. The van der Waals surface area contributed by atoms with Crippen molar-refractivity contribution in [3.05, 3.63) is 47.3 Å². The number of carbonyl (C=O) groups is 3. The molecule has 10 heteroatoms. The molecule has 1 aliphatic carbocycles. The molecule has 1 fully saturated rings. The van der Waals surface area contributed by atoms with Gasteiger partial charge in [0, 0.05) is 43.2 Å². The topological polar surface area (TPSA) is 131 Å². The number of amides is 3. The minimum absolute atomic E-state index is 0.0150. The van der Waals surface area contributed by atoms with Crippen molar-refractivity contribution in [1.82, 2.24) is 9.88 Å². The Bertz CT molecular complexity index is 1230. The number of nitrogens with one attached hydrogen (secondary N) is 2. The lowest BCUT2D eigenvalue weighted by atomic mass is 9.84. The Labute approximate surface area is 201 Å². The third-order valence-electron chi connectivity index (χ3n) is 6.25. The zero-order chi connectivity index (χ0) is 24.4. The van der Waals surface area contributed by atoms with E-state index in [9.17, 15) is 14.4 Å². The number of benzene rings is 1. The number of halogens is 1. The van der Waals surface area contributed by atoms with Crippen LogP contribution in [0.5, 0.6) is 0 Å². The number of aromatic nitrogens is 1. The Balaban J connectivity index is 1.55. The molecular formula is C24H26ClN5O4. The van der Waals surface area contributed by atoms with E-state index in [-0.39, 0.29) is 35.2 Å². The predicted octanol–water partition coefficient (Wildman–Crippen LogP) is 4.29. The first-order valence-electron chi connectivity index (χ1n) is 11.0. The summed E-state index contributed by atoms with van der Waals surface area (Å²) in [5, 5.41) is 6.54. The highest BCUT2D eigenvalue weighted by Gasteiger charge is 2.31. The van der Waals surface area contributed by atoms with Gasteiger partial charge >= 0.3 is 0 Å². The fourth-order valence-corrected chi connectivity index (χ4v) is 4.34. The molecule has 1 aromatic carbocycles. The van der Waals surface area contributed by atoms with Crippen molar-refractivity contribution in [3.8, 4) is 0 Å². The highest BCUT2D eigenvalue weighted by atomic mass is 35.5. The van der Waals surface area contributed by atoms with E-state index in [1.54, 1.807) is 49.2 Å². The molecule has 3 aromatic rings. The molecule has 0 aliphatic heterocycles. The summed E-state index contributed by atoms with van der Waals surface area (Å²) >= 11 is 5.86. The Morgan fingerprint density at radius 3 is 2.50 bits per heavy atom. The summed E-state index contributed by atoms with van der Waals surface area (Å²) in [6.07, 6.45) is 4.18. The van der Waals surface area contributed by atoms with Gasteiger partial charge in [-0.2, -0.15) is 0 Å². The Morgan fingerprint density at radius 1 is 1.12 bits per heavy atom. The van der Waals surface area contributed by atoms with Crippen molar-refractivity contribution in [2.75, 3.05) is 23.4 Å². The van der Waals surface area contributed by atoms with E-state index >= 15 is 0 Å². The zero-order valence-corrected chi connectivity index (χ0v) is 19.7. The van der Waals surface area contributed by atoms with Crippen LogP contribution in [-0.4, -0.2) is 40.7 Å². The first-order chi connectivity index (χ1) is 16.2. The molecule has 34 heavy (non-hydrogen) atoms. The maximum absolute atomic E-state index is 13.2. The molecule has 0 spiro atoms. The number of hydrogen-bond acceptors (Lipinski definition) is 6.